The van der Waals surface area contributed by atoms with Crippen LogP contribution in [0.25, 0.3) is 6.08 Å². The fourth-order valence-corrected chi connectivity index (χ4v) is 3.10. The fourth-order valence-electron chi connectivity index (χ4n) is 2.74. The van der Waals surface area contributed by atoms with Crippen molar-refractivity contribution in [2.24, 2.45) is 7.05 Å². The van der Waals surface area contributed by atoms with Gasteiger partial charge in [-0.15, -0.1) is 0 Å². The van der Waals surface area contributed by atoms with Crippen molar-refractivity contribution in [3.05, 3.63) is 85.2 Å². The molecule has 0 saturated heterocycles. The van der Waals surface area contributed by atoms with E-state index in [1.165, 1.54) is 24.0 Å². The summed E-state index contributed by atoms with van der Waals surface area (Å²) in [6.07, 6.45) is 4.05. The van der Waals surface area contributed by atoms with Crippen LogP contribution in [0.5, 0.6) is 11.5 Å². The lowest BCUT2D eigenvalue weighted by Crippen LogP contribution is -2.01. The molecule has 9 heteroatoms. The molecule has 0 radical (unpaired) electrons. The fraction of sp³-hybridized carbons (Fsp3) is 0.143. The number of ether oxygens (including phenoxy) is 2. The molecule has 0 saturated carbocycles. The lowest BCUT2D eigenvalue weighted by molar-refractivity contribution is -0.385. The highest BCUT2D eigenvalue weighted by Crippen LogP contribution is 2.24. The van der Waals surface area contributed by atoms with E-state index in [1.807, 2.05) is 30.3 Å². The number of rotatable bonds is 8. The van der Waals surface area contributed by atoms with Crippen molar-refractivity contribution in [3.63, 3.8) is 0 Å². The Labute approximate surface area is 186 Å². The topological polar surface area (TPSA) is 96.5 Å². The van der Waals surface area contributed by atoms with Crippen molar-refractivity contribution < 1.29 is 19.2 Å². The number of hydrogen-bond acceptors (Lipinski definition) is 6. The first-order chi connectivity index (χ1) is 14.4. The quantitative estimate of drug-likeness (QED) is 0.144. The second-order valence-electron chi connectivity index (χ2n) is 6.31. The van der Waals surface area contributed by atoms with Gasteiger partial charge in [0.1, 0.15) is 24.3 Å². The second-order valence-corrected chi connectivity index (χ2v) is 7.55. The van der Waals surface area contributed by atoms with E-state index in [0.29, 0.717) is 5.75 Å². The third-order valence-corrected chi connectivity index (χ3v) is 4.90. The van der Waals surface area contributed by atoms with Gasteiger partial charge in [-0.2, -0.15) is 5.10 Å². The number of benzene rings is 2. The smallest absolute Gasteiger partial charge is 0.318 e. The Bertz CT molecular complexity index is 1110. The van der Waals surface area contributed by atoms with Gasteiger partial charge in [0.05, 0.1) is 12.0 Å². The average Bonchev–Trinajstić information content (AvgIpc) is 3.14. The Morgan fingerprint density at radius 1 is 1.27 bits per heavy atom. The molecule has 3 aromatic rings. The van der Waals surface area contributed by atoms with Gasteiger partial charge >= 0.3 is 5.69 Å². The minimum Gasteiger partial charge on any atom is -0.496 e. The molecule has 0 aliphatic rings. The van der Waals surface area contributed by atoms with Crippen LogP contribution in [0.15, 0.2) is 54.7 Å². The summed E-state index contributed by atoms with van der Waals surface area (Å²) in [4.78, 5) is 22.8. The summed E-state index contributed by atoms with van der Waals surface area (Å²) in [6.45, 7) is 0.283. The molecule has 0 amide bonds. The second kappa shape index (κ2) is 9.53. The normalized spacial score (nSPS) is 10.9. The van der Waals surface area contributed by atoms with Gasteiger partial charge in [-0.3, -0.25) is 19.6 Å². The number of methoxy groups -OCH3 is 1. The largest absolute Gasteiger partial charge is 0.496 e. The Kier molecular flexibility index (Phi) is 6.83. The molecule has 1 aromatic heterocycles. The molecule has 0 aliphatic carbocycles. The Balaban J connectivity index is 1.78. The minimum absolute atomic E-state index is 0.200. The number of carbonyl (C=O) groups is 1. The first-order valence-electron chi connectivity index (χ1n) is 8.83. The number of ketones is 1. The zero-order valence-corrected chi connectivity index (χ0v) is 18.4. The van der Waals surface area contributed by atoms with Crippen LogP contribution < -0.4 is 9.47 Å². The predicted octanol–water partition coefficient (Wildman–Crippen LogP) is 4.42. The summed E-state index contributed by atoms with van der Waals surface area (Å²) in [5.74, 6) is 0.843. The van der Waals surface area contributed by atoms with Gasteiger partial charge in [0.25, 0.3) is 0 Å². The van der Waals surface area contributed by atoms with Gasteiger partial charge in [-0.05, 0) is 70.6 Å². The van der Waals surface area contributed by atoms with Gasteiger partial charge in [0.15, 0.2) is 0 Å². The summed E-state index contributed by atoms with van der Waals surface area (Å²) in [5.41, 5.74) is 1.00. The number of halogens is 1. The molecule has 3 rings (SSSR count). The summed E-state index contributed by atoms with van der Waals surface area (Å²) in [7, 11) is 3.10. The van der Waals surface area contributed by atoms with Crippen molar-refractivity contribution in [1.29, 1.82) is 0 Å². The molecule has 0 unspecified atom stereocenters. The number of allylic oxidation sites excluding steroid dienone is 1. The van der Waals surface area contributed by atoms with Crippen molar-refractivity contribution >= 4 is 40.1 Å². The number of aryl methyl sites for hydroxylation is 1. The lowest BCUT2D eigenvalue weighted by Gasteiger charge is -2.11. The Hall–Kier alpha value is -3.21. The Morgan fingerprint density at radius 2 is 2.00 bits per heavy atom. The molecule has 154 valence electrons. The molecule has 2 aromatic carbocycles. The highest BCUT2D eigenvalue weighted by Gasteiger charge is 2.23. The number of hydrogen-bond donors (Lipinski definition) is 0. The first kappa shape index (κ1) is 21.5. The van der Waals surface area contributed by atoms with Gasteiger partial charge in [0, 0.05) is 16.2 Å². The van der Waals surface area contributed by atoms with E-state index in [4.69, 9.17) is 9.47 Å². The number of aromatic nitrogens is 2. The third-order valence-electron chi connectivity index (χ3n) is 4.18. The average molecular weight is 519 g/mol. The highest BCUT2D eigenvalue weighted by molar-refractivity contribution is 14.1. The lowest BCUT2D eigenvalue weighted by atomic mass is 10.1. The molecule has 0 bridgehead atoms. The maximum atomic E-state index is 12.4. The van der Waals surface area contributed by atoms with Crippen molar-refractivity contribution in [1.82, 2.24) is 9.78 Å². The van der Waals surface area contributed by atoms with Crippen LogP contribution >= 0.6 is 22.6 Å². The van der Waals surface area contributed by atoms with Gasteiger partial charge in [-0.25, -0.2) is 0 Å². The molecule has 30 heavy (non-hydrogen) atoms. The van der Waals surface area contributed by atoms with E-state index < -0.39 is 10.7 Å². The molecule has 0 N–H and O–H groups in total. The molecule has 0 fully saturated rings. The summed E-state index contributed by atoms with van der Waals surface area (Å²) in [5, 5.41) is 15.0. The maximum absolute atomic E-state index is 12.4. The SMILES string of the molecule is COc1ccc(/C=C/C(=O)c2nn(C)cc2[N+](=O)[O-])cc1COc1ccc(I)cc1. The molecule has 0 atom stereocenters. The van der Waals surface area contributed by atoms with Crippen LogP contribution in [0, 0.1) is 13.7 Å². The van der Waals surface area contributed by atoms with Gasteiger partial charge in [0.2, 0.25) is 11.5 Å². The van der Waals surface area contributed by atoms with E-state index in [2.05, 4.69) is 27.7 Å². The molecule has 0 aliphatic heterocycles. The van der Waals surface area contributed by atoms with Gasteiger partial charge < -0.3 is 9.47 Å². The first-order valence-corrected chi connectivity index (χ1v) is 9.91. The van der Waals surface area contributed by atoms with Gasteiger partial charge in [-0.1, -0.05) is 12.1 Å². The highest BCUT2D eigenvalue weighted by atomic mass is 127. The van der Waals surface area contributed by atoms with Crippen LogP contribution in [0.1, 0.15) is 21.6 Å². The van der Waals surface area contributed by atoms with E-state index in [-0.39, 0.29) is 18.0 Å². The number of carbonyl (C=O) groups excluding carboxylic acids is 1. The van der Waals surface area contributed by atoms with E-state index in [9.17, 15) is 14.9 Å². The van der Waals surface area contributed by atoms with Crippen LogP contribution in [-0.2, 0) is 13.7 Å². The van der Waals surface area contributed by atoms with Crippen molar-refractivity contribution in [3.8, 4) is 11.5 Å². The molecule has 1 heterocycles. The third kappa shape index (κ3) is 5.23. The molecule has 8 nitrogen and oxygen atoms in total. The predicted molar refractivity (Wildman–Crippen MR) is 120 cm³/mol. The van der Waals surface area contributed by atoms with E-state index >= 15 is 0 Å². The van der Waals surface area contributed by atoms with E-state index in [0.717, 1.165) is 20.4 Å². The van der Waals surface area contributed by atoms with Crippen LogP contribution in [0.3, 0.4) is 0 Å². The number of nitro groups is 1. The molecular formula is C21H18IN3O5. The standard InChI is InChI=1S/C21H18IN3O5/c1-24-12-18(25(27)28)21(23-24)19(26)9-3-14-4-10-20(29-2)15(11-14)13-30-17-7-5-16(22)6-8-17/h3-12H,13H2,1-2H3/b9-3+. The van der Waals surface area contributed by atoms with Crippen molar-refractivity contribution in [2.75, 3.05) is 7.11 Å². The van der Waals surface area contributed by atoms with Crippen LogP contribution in [0.2, 0.25) is 0 Å². The molecule has 0 spiro atoms. The summed E-state index contributed by atoms with van der Waals surface area (Å²) >= 11 is 2.22. The maximum Gasteiger partial charge on any atom is 0.318 e. The zero-order chi connectivity index (χ0) is 21.7. The summed E-state index contributed by atoms with van der Waals surface area (Å²) < 4.78 is 13.6. The van der Waals surface area contributed by atoms with Crippen molar-refractivity contribution in [2.45, 2.75) is 6.61 Å². The minimum atomic E-state index is -0.624. The zero-order valence-electron chi connectivity index (χ0n) is 16.2. The summed E-state index contributed by atoms with van der Waals surface area (Å²) in [6, 6.07) is 13.1. The molecular weight excluding hydrogens is 501 g/mol. The Morgan fingerprint density at radius 3 is 2.67 bits per heavy atom. The van der Waals surface area contributed by atoms with Crippen LogP contribution in [-0.4, -0.2) is 27.6 Å². The monoisotopic (exact) mass is 519 g/mol. The van der Waals surface area contributed by atoms with E-state index in [1.54, 1.807) is 25.3 Å². The number of nitrogens with zero attached hydrogens (tertiary/aromatic N) is 3. The van der Waals surface area contributed by atoms with Crippen LogP contribution in [0.4, 0.5) is 5.69 Å².